The minimum Gasteiger partial charge on any atom is -0.381 e. The number of hydrogen-bond donors (Lipinski definition) is 1. The molecular weight excluding hydrogens is 216 g/mol. The molecule has 96 valence electrons. The number of carbonyl (C=O) groups is 1. The summed E-state index contributed by atoms with van der Waals surface area (Å²) in [4.78, 5) is 14.6. The van der Waals surface area contributed by atoms with E-state index in [1.54, 1.807) is 0 Å². The predicted molar refractivity (Wildman–Crippen MR) is 64.7 cm³/mol. The summed E-state index contributed by atoms with van der Waals surface area (Å²) >= 11 is 0. The summed E-state index contributed by atoms with van der Waals surface area (Å²) in [7, 11) is 0. The first kappa shape index (κ1) is 11.5. The minimum absolute atomic E-state index is 0.136. The topological polar surface area (TPSA) is 41.6 Å². The molecule has 1 saturated carbocycles. The summed E-state index contributed by atoms with van der Waals surface area (Å²) < 4.78 is 5.34. The molecule has 17 heavy (non-hydrogen) atoms. The second-order valence-electron chi connectivity index (χ2n) is 5.58. The molecule has 0 radical (unpaired) electrons. The van der Waals surface area contributed by atoms with Crippen LogP contribution in [0.2, 0.25) is 0 Å². The van der Waals surface area contributed by atoms with Gasteiger partial charge in [0, 0.05) is 25.2 Å². The molecule has 2 saturated heterocycles. The van der Waals surface area contributed by atoms with Gasteiger partial charge in [-0.15, -0.1) is 0 Å². The third-order valence-electron chi connectivity index (χ3n) is 4.13. The van der Waals surface area contributed by atoms with Gasteiger partial charge in [0.2, 0.25) is 5.91 Å². The molecule has 2 heterocycles. The maximum absolute atomic E-state index is 12.4. The molecule has 0 aromatic rings. The van der Waals surface area contributed by atoms with Crippen molar-refractivity contribution in [2.24, 2.45) is 5.92 Å². The van der Waals surface area contributed by atoms with E-state index >= 15 is 0 Å². The molecular formula is C13H22N2O2. The maximum atomic E-state index is 12.4. The van der Waals surface area contributed by atoms with Crippen LogP contribution in [0.25, 0.3) is 0 Å². The van der Waals surface area contributed by atoms with Crippen molar-refractivity contribution >= 4 is 5.91 Å². The van der Waals surface area contributed by atoms with Crippen LogP contribution in [0.1, 0.15) is 32.1 Å². The third kappa shape index (κ3) is 2.63. The van der Waals surface area contributed by atoms with Gasteiger partial charge in [-0.05, 0) is 38.6 Å². The largest absolute Gasteiger partial charge is 0.381 e. The Hall–Kier alpha value is -0.610. The Morgan fingerprint density at radius 3 is 2.76 bits per heavy atom. The lowest BCUT2D eigenvalue weighted by Crippen LogP contribution is -2.45. The first-order chi connectivity index (χ1) is 8.34. The van der Waals surface area contributed by atoms with Gasteiger partial charge in [0.05, 0.1) is 12.5 Å². The fourth-order valence-corrected chi connectivity index (χ4v) is 2.92. The molecule has 0 spiro atoms. The molecule has 3 aliphatic rings. The van der Waals surface area contributed by atoms with Crippen molar-refractivity contribution < 1.29 is 9.53 Å². The van der Waals surface area contributed by atoms with Gasteiger partial charge in [0.15, 0.2) is 0 Å². The second kappa shape index (κ2) is 4.94. The van der Waals surface area contributed by atoms with E-state index in [-0.39, 0.29) is 5.92 Å². The number of rotatable bonds is 4. The van der Waals surface area contributed by atoms with Crippen LogP contribution in [-0.2, 0) is 9.53 Å². The molecule has 0 bridgehead atoms. The smallest absolute Gasteiger partial charge is 0.228 e. The number of hydrogen-bond acceptors (Lipinski definition) is 3. The fourth-order valence-electron chi connectivity index (χ4n) is 2.92. The number of carbonyl (C=O) groups excluding carboxylic acids is 1. The van der Waals surface area contributed by atoms with Gasteiger partial charge in [-0.1, -0.05) is 0 Å². The van der Waals surface area contributed by atoms with Crippen LogP contribution in [0, 0.1) is 5.92 Å². The molecule has 0 aromatic carbocycles. The highest BCUT2D eigenvalue weighted by Crippen LogP contribution is 2.30. The van der Waals surface area contributed by atoms with Crippen molar-refractivity contribution in [2.45, 2.75) is 44.2 Å². The summed E-state index contributed by atoms with van der Waals surface area (Å²) in [5, 5.41) is 3.49. The molecule has 4 heteroatoms. The molecule has 2 aliphatic heterocycles. The lowest BCUT2D eigenvalue weighted by Gasteiger charge is -2.28. The van der Waals surface area contributed by atoms with Gasteiger partial charge >= 0.3 is 0 Å². The molecule has 1 aliphatic carbocycles. The highest BCUT2D eigenvalue weighted by molar-refractivity contribution is 5.80. The summed E-state index contributed by atoms with van der Waals surface area (Å²) in [5.74, 6) is 0.482. The van der Waals surface area contributed by atoms with Crippen molar-refractivity contribution in [3.63, 3.8) is 0 Å². The molecule has 1 N–H and O–H groups in total. The number of nitrogens with zero attached hydrogens (tertiary/aromatic N) is 1. The lowest BCUT2D eigenvalue weighted by molar-refractivity contribution is -0.136. The Bertz CT molecular complexity index is 279. The van der Waals surface area contributed by atoms with Gasteiger partial charge in [0.1, 0.15) is 0 Å². The van der Waals surface area contributed by atoms with Crippen molar-refractivity contribution in [1.29, 1.82) is 0 Å². The van der Waals surface area contributed by atoms with Crippen molar-refractivity contribution in [3.8, 4) is 0 Å². The van der Waals surface area contributed by atoms with Crippen LogP contribution in [0.5, 0.6) is 0 Å². The van der Waals surface area contributed by atoms with Crippen molar-refractivity contribution in [2.75, 3.05) is 26.3 Å². The Balaban J connectivity index is 1.60. The first-order valence-electron chi connectivity index (χ1n) is 6.96. The van der Waals surface area contributed by atoms with E-state index in [9.17, 15) is 4.79 Å². The van der Waals surface area contributed by atoms with Gasteiger partial charge in [0.25, 0.3) is 0 Å². The molecule has 2 atom stereocenters. The van der Waals surface area contributed by atoms with Gasteiger partial charge < -0.3 is 15.0 Å². The van der Waals surface area contributed by atoms with Crippen LogP contribution in [0.3, 0.4) is 0 Å². The first-order valence-corrected chi connectivity index (χ1v) is 6.96. The highest BCUT2D eigenvalue weighted by atomic mass is 16.5. The van der Waals surface area contributed by atoms with Crippen LogP contribution >= 0.6 is 0 Å². The average molecular weight is 238 g/mol. The van der Waals surface area contributed by atoms with Crippen LogP contribution < -0.4 is 5.32 Å². The van der Waals surface area contributed by atoms with Crippen LogP contribution in [0.4, 0.5) is 0 Å². The monoisotopic (exact) mass is 238 g/mol. The zero-order chi connectivity index (χ0) is 11.7. The quantitative estimate of drug-likeness (QED) is 0.786. The van der Waals surface area contributed by atoms with E-state index in [1.807, 2.05) is 0 Å². The standard InChI is InChI=1S/C13H22N2O2/c16-13(10-5-7-17-9-10)15(12-3-4-12)8-11-2-1-6-14-11/h10-12,14H,1-9H2. The van der Waals surface area contributed by atoms with Crippen LogP contribution in [0.15, 0.2) is 0 Å². The minimum atomic E-state index is 0.136. The summed E-state index contributed by atoms with van der Waals surface area (Å²) in [6.07, 6.45) is 5.79. The van der Waals surface area contributed by atoms with Gasteiger partial charge in [-0.2, -0.15) is 0 Å². The van der Waals surface area contributed by atoms with E-state index in [1.165, 1.54) is 25.7 Å². The highest BCUT2D eigenvalue weighted by Gasteiger charge is 2.38. The SMILES string of the molecule is O=C(C1CCOC1)N(CC1CCCN1)C1CC1. The van der Waals surface area contributed by atoms with E-state index < -0.39 is 0 Å². The maximum Gasteiger partial charge on any atom is 0.228 e. The van der Waals surface area contributed by atoms with Crippen molar-refractivity contribution in [3.05, 3.63) is 0 Å². The Labute approximate surface area is 103 Å². The Morgan fingerprint density at radius 2 is 2.18 bits per heavy atom. The fraction of sp³-hybridized carbons (Fsp3) is 0.923. The van der Waals surface area contributed by atoms with Crippen LogP contribution in [-0.4, -0.2) is 49.2 Å². The summed E-state index contributed by atoms with van der Waals surface area (Å²) in [6.45, 7) is 3.43. The second-order valence-corrected chi connectivity index (χ2v) is 5.58. The number of ether oxygens (including phenoxy) is 1. The average Bonchev–Trinajstić information content (AvgIpc) is 2.86. The molecule has 3 rings (SSSR count). The zero-order valence-corrected chi connectivity index (χ0v) is 10.4. The normalized spacial score (nSPS) is 32.9. The molecule has 0 aromatic heterocycles. The lowest BCUT2D eigenvalue weighted by atomic mass is 10.1. The molecule has 2 unspecified atom stereocenters. The van der Waals surface area contributed by atoms with Crippen molar-refractivity contribution in [1.82, 2.24) is 10.2 Å². The zero-order valence-electron chi connectivity index (χ0n) is 10.4. The molecule has 1 amide bonds. The van der Waals surface area contributed by atoms with Gasteiger partial charge in [-0.25, -0.2) is 0 Å². The van der Waals surface area contributed by atoms with E-state index in [0.717, 1.165) is 26.1 Å². The molecule has 3 fully saturated rings. The Morgan fingerprint density at radius 1 is 1.29 bits per heavy atom. The number of nitrogens with one attached hydrogen (secondary N) is 1. The van der Waals surface area contributed by atoms with E-state index in [2.05, 4.69) is 10.2 Å². The third-order valence-corrected chi connectivity index (χ3v) is 4.13. The Kier molecular flexibility index (Phi) is 3.34. The van der Waals surface area contributed by atoms with Gasteiger partial charge in [-0.3, -0.25) is 4.79 Å². The number of amides is 1. The molecule has 4 nitrogen and oxygen atoms in total. The summed E-state index contributed by atoms with van der Waals surface area (Å²) in [6, 6.07) is 1.06. The summed E-state index contributed by atoms with van der Waals surface area (Å²) in [5.41, 5.74) is 0. The van der Waals surface area contributed by atoms with E-state index in [4.69, 9.17) is 4.74 Å². The predicted octanol–water partition coefficient (Wildman–Crippen LogP) is 0.766. The van der Waals surface area contributed by atoms with E-state index in [0.29, 0.717) is 24.6 Å².